The maximum Gasteiger partial charge on any atom is 0.156 e. The van der Waals surface area contributed by atoms with Crippen molar-refractivity contribution in [3.63, 3.8) is 0 Å². The number of methoxy groups -OCH3 is 2. The number of hydrogen-bond donors (Lipinski definition) is 0. The summed E-state index contributed by atoms with van der Waals surface area (Å²) < 4.78 is 16.9. The second kappa shape index (κ2) is 10.6. The van der Waals surface area contributed by atoms with Crippen molar-refractivity contribution in [3.05, 3.63) is 61.2 Å². The van der Waals surface area contributed by atoms with E-state index in [1.165, 1.54) is 5.56 Å². The van der Waals surface area contributed by atoms with E-state index < -0.39 is 0 Å². The molecule has 0 saturated carbocycles. The molecule has 0 amide bonds. The van der Waals surface area contributed by atoms with Crippen LogP contribution < -0.4 is 0 Å². The van der Waals surface area contributed by atoms with Crippen LogP contribution in [0.3, 0.4) is 0 Å². The predicted octanol–water partition coefficient (Wildman–Crippen LogP) is 4.18. The first-order valence-corrected chi connectivity index (χ1v) is 9.38. The lowest BCUT2D eigenvalue weighted by atomic mass is 9.81. The Morgan fingerprint density at radius 1 is 1.23 bits per heavy atom. The lowest BCUT2D eigenvalue weighted by molar-refractivity contribution is -0.115. The summed E-state index contributed by atoms with van der Waals surface area (Å²) in [6.45, 7) is 10.4. The van der Waals surface area contributed by atoms with Crippen molar-refractivity contribution in [3.8, 4) is 0 Å². The van der Waals surface area contributed by atoms with E-state index in [0.717, 1.165) is 38.8 Å². The highest BCUT2D eigenvalue weighted by Gasteiger charge is 2.39. The van der Waals surface area contributed by atoms with E-state index in [4.69, 9.17) is 14.2 Å². The molecule has 26 heavy (non-hydrogen) atoms. The molecule has 0 radical (unpaired) electrons. The Labute approximate surface area is 158 Å². The largest absolute Gasteiger partial charge is 0.372 e. The number of benzene rings is 1. The Morgan fingerprint density at radius 2 is 1.96 bits per heavy atom. The first kappa shape index (κ1) is 20.8. The van der Waals surface area contributed by atoms with Gasteiger partial charge < -0.3 is 14.2 Å². The van der Waals surface area contributed by atoms with Crippen molar-refractivity contribution in [2.24, 2.45) is 0 Å². The van der Waals surface area contributed by atoms with Gasteiger partial charge >= 0.3 is 0 Å². The van der Waals surface area contributed by atoms with Crippen LogP contribution in [-0.2, 0) is 20.8 Å². The summed E-state index contributed by atoms with van der Waals surface area (Å²) in [6, 6.07) is 10.3. The van der Waals surface area contributed by atoms with Gasteiger partial charge in [0, 0.05) is 39.3 Å². The van der Waals surface area contributed by atoms with Gasteiger partial charge in [0.25, 0.3) is 0 Å². The van der Waals surface area contributed by atoms with E-state index in [9.17, 15) is 0 Å². The maximum absolute atomic E-state index is 6.19. The summed E-state index contributed by atoms with van der Waals surface area (Å²) >= 11 is 0. The quantitative estimate of drug-likeness (QED) is 0.438. The molecule has 0 unspecified atom stereocenters. The normalized spacial score (nSPS) is 23.9. The molecule has 1 fully saturated rings. The van der Waals surface area contributed by atoms with Gasteiger partial charge in [-0.3, -0.25) is 4.90 Å². The van der Waals surface area contributed by atoms with Crippen LogP contribution in [0.15, 0.2) is 55.6 Å². The molecule has 4 heteroatoms. The van der Waals surface area contributed by atoms with Gasteiger partial charge in [-0.05, 0) is 24.8 Å². The summed E-state index contributed by atoms with van der Waals surface area (Å²) in [5.74, 6) is 0. The van der Waals surface area contributed by atoms with Crippen molar-refractivity contribution in [2.75, 3.05) is 27.3 Å². The smallest absolute Gasteiger partial charge is 0.156 e. The van der Waals surface area contributed by atoms with E-state index in [1.807, 2.05) is 24.3 Å². The fourth-order valence-electron chi connectivity index (χ4n) is 3.74. The fraction of sp³-hybridized carbons (Fsp3) is 0.545. The number of nitrogens with zero attached hydrogens (tertiary/aromatic N) is 1. The van der Waals surface area contributed by atoms with E-state index in [2.05, 4.69) is 36.3 Å². The number of ether oxygens (including phenoxy) is 3. The topological polar surface area (TPSA) is 30.9 Å². The van der Waals surface area contributed by atoms with Gasteiger partial charge in [-0.25, -0.2) is 0 Å². The zero-order chi connectivity index (χ0) is 18.8. The average molecular weight is 360 g/mol. The minimum absolute atomic E-state index is 0.0594. The van der Waals surface area contributed by atoms with E-state index in [0.29, 0.717) is 6.61 Å². The molecule has 4 nitrogen and oxygen atoms in total. The molecule has 1 saturated heterocycles. The van der Waals surface area contributed by atoms with E-state index in [-0.39, 0.29) is 17.9 Å². The first-order valence-electron chi connectivity index (χ1n) is 9.38. The zero-order valence-electron chi connectivity index (χ0n) is 16.2. The number of rotatable bonds is 11. The van der Waals surface area contributed by atoms with E-state index in [1.54, 1.807) is 14.2 Å². The zero-order valence-corrected chi connectivity index (χ0v) is 16.2. The highest BCUT2D eigenvalue weighted by molar-refractivity contribution is 5.14. The highest BCUT2D eigenvalue weighted by atomic mass is 16.7. The molecular formula is C22H33NO3. The first-order chi connectivity index (χ1) is 12.7. The standard InChI is InChI=1S/C22H33NO3/c1-5-16-23-17-20(26-18-19-10-8-7-9-11-19)12-14-22(23,6-2)15-13-21(24-3)25-4/h5-11,20-21H,1-2,12-18H2,3-4H3/t20-,22-/m1/s1. The summed E-state index contributed by atoms with van der Waals surface area (Å²) in [5.41, 5.74) is 1.15. The van der Waals surface area contributed by atoms with Crippen LogP contribution in [-0.4, -0.2) is 50.1 Å². The molecule has 0 spiro atoms. The Bertz CT molecular complexity index is 544. The third-order valence-electron chi connectivity index (χ3n) is 5.35. The monoisotopic (exact) mass is 359 g/mol. The summed E-state index contributed by atoms with van der Waals surface area (Å²) in [6.07, 6.45) is 7.92. The Morgan fingerprint density at radius 3 is 2.58 bits per heavy atom. The third-order valence-corrected chi connectivity index (χ3v) is 5.35. The third kappa shape index (κ3) is 5.52. The van der Waals surface area contributed by atoms with Crippen LogP contribution in [0, 0.1) is 0 Å². The van der Waals surface area contributed by atoms with Crippen LogP contribution in [0.25, 0.3) is 0 Å². The van der Waals surface area contributed by atoms with Crippen LogP contribution in [0.2, 0.25) is 0 Å². The number of hydrogen-bond acceptors (Lipinski definition) is 4. The van der Waals surface area contributed by atoms with Gasteiger partial charge in [-0.15, -0.1) is 13.2 Å². The van der Waals surface area contributed by atoms with Crippen LogP contribution >= 0.6 is 0 Å². The number of likely N-dealkylation sites (tertiary alicyclic amines) is 1. The van der Waals surface area contributed by atoms with Crippen molar-refractivity contribution in [1.82, 2.24) is 4.90 Å². The minimum atomic E-state index is -0.176. The van der Waals surface area contributed by atoms with Crippen molar-refractivity contribution in [1.29, 1.82) is 0 Å². The van der Waals surface area contributed by atoms with Crippen molar-refractivity contribution < 1.29 is 14.2 Å². The maximum atomic E-state index is 6.19. The van der Waals surface area contributed by atoms with Crippen molar-refractivity contribution in [2.45, 2.75) is 50.2 Å². The van der Waals surface area contributed by atoms with Crippen LogP contribution in [0.4, 0.5) is 0 Å². The fourth-order valence-corrected chi connectivity index (χ4v) is 3.74. The van der Waals surface area contributed by atoms with Crippen LogP contribution in [0.5, 0.6) is 0 Å². The molecule has 1 aliphatic rings. The minimum Gasteiger partial charge on any atom is -0.372 e. The van der Waals surface area contributed by atoms with Gasteiger partial charge in [0.15, 0.2) is 6.29 Å². The van der Waals surface area contributed by atoms with Gasteiger partial charge in [0.2, 0.25) is 0 Å². The molecule has 2 atom stereocenters. The van der Waals surface area contributed by atoms with Gasteiger partial charge in [-0.1, -0.05) is 42.5 Å². The average Bonchev–Trinajstić information content (AvgIpc) is 2.69. The molecule has 0 N–H and O–H groups in total. The summed E-state index contributed by atoms with van der Waals surface area (Å²) in [5, 5.41) is 0. The molecule has 1 aliphatic heterocycles. The Hall–Kier alpha value is -1.46. The second-order valence-corrected chi connectivity index (χ2v) is 6.90. The summed E-state index contributed by atoms with van der Waals surface area (Å²) in [4.78, 5) is 2.44. The molecule has 2 rings (SSSR count). The lowest BCUT2D eigenvalue weighted by Gasteiger charge is -2.48. The van der Waals surface area contributed by atoms with Gasteiger partial charge in [-0.2, -0.15) is 0 Å². The molecule has 0 bridgehead atoms. The van der Waals surface area contributed by atoms with Gasteiger partial charge in [0.05, 0.1) is 12.7 Å². The number of piperidine rings is 1. The SMILES string of the molecule is C=CCN1C[C@H](OCc2ccccc2)CC[C@]1(C=C)CCC(OC)OC. The van der Waals surface area contributed by atoms with Gasteiger partial charge in [0.1, 0.15) is 0 Å². The molecule has 0 aliphatic carbocycles. The summed E-state index contributed by atoms with van der Waals surface area (Å²) in [7, 11) is 3.37. The highest BCUT2D eigenvalue weighted by Crippen LogP contribution is 2.35. The predicted molar refractivity (Wildman–Crippen MR) is 106 cm³/mol. The lowest BCUT2D eigenvalue weighted by Crippen LogP contribution is -2.55. The molecular weight excluding hydrogens is 326 g/mol. The molecule has 1 aromatic carbocycles. The molecule has 144 valence electrons. The van der Waals surface area contributed by atoms with E-state index >= 15 is 0 Å². The Balaban J connectivity index is 1.98. The van der Waals surface area contributed by atoms with Crippen LogP contribution in [0.1, 0.15) is 31.2 Å². The molecule has 1 heterocycles. The molecule has 0 aromatic heterocycles. The second-order valence-electron chi connectivity index (χ2n) is 6.90. The Kier molecular flexibility index (Phi) is 8.52. The molecule has 1 aromatic rings. The van der Waals surface area contributed by atoms with Crippen molar-refractivity contribution >= 4 is 0 Å².